The molecule has 0 atom stereocenters. The summed E-state index contributed by atoms with van der Waals surface area (Å²) in [5.74, 6) is 0. The van der Waals surface area contributed by atoms with Crippen LogP contribution in [0.1, 0.15) is 18.2 Å². The lowest BCUT2D eigenvalue weighted by Gasteiger charge is -1.99. The molecule has 0 aliphatic heterocycles. The number of aromatic nitrogens is 2. The molecule has 3 aromatic rings. The lowest BCUT2D eigenvalue weighted by molar-refractivity contribution is -0.384. The molecule has 1 N–H and O–H groups in total. The van der Waals surface area contributed by atoms with Crippen LogP contribution in [0, 0.1) is 17.0 Å². The molecule has 1 aromatic carbocycles. The van der Waals surface area contributed by atoms with Crippen molar-refractivity contribution < 1.29 is 4.92 Å². The molecule has 0 fully saturated rings. The highest BCUT2D eigenvalue weighted by Crippen LogP contribution is 2.32. The van der Waals surface area contributed by atoms with Gasteiger partial charge in [-0.05, 0) is 38.1 Å². The Morgan fingerprint density at radius 2 is 1.85 bits per heavy atom. The Balaban J connectivity index is 1.70. The van der Waals surface area contributed by atoms with Gasteiger partial charge in [-0.15, -0.1) is 10.2 Å². The van der Waals surface area contributed by atoms with Crippen LogP contribution in [0.25, 0.3) is 0 Å². The van der Waals surface area contributed by atoms with Crippen LogP contribution < -0.4 is 5.43 Å². The first-order chi connectivity index (χ1) is 13.0. The topological polar surface area (TPSA) is 118 Å². The number of aryl methyl sites for hydroxylation is 1. The monoisotopic (exact) mass is 381 g/mol. The number of nitro benzene ring substituents is 1. The Hall–Kier alpha value is -3.53. The number of hydrogen-bond donors (Lipinski definition) is 1. The standard InChI is InChI=1S/C17H15N7O2S/c1-11(13-7-9-18-10-8-13)20-23-17-19-12(2)16(27-17)22-21-14-3-5-15(6-4-14)24(25)26/h3-10H,1-2H3,(H,19,23)/b20-11+,22-21?. The average molecular weight is 381 g/mol. The smallest absolute Gasteiger partial charge is 0.265 e. The second kappa shape index (κ2) is 8.23. The van der Waals surface area contributed by atoms with Gasteiger partial charge in [0.05, 0.1) is 22.0 Å². The van der Waals surface area contributed by atoms with E-state index in [9.17, 15) is 10.1 Å². The van der Waals surface area contributed by atoms with E-state index in [4.69, 9.17) is 0 Å². The Morgan fingerprint density at radius 1 is 1.15 bits per heavy atom. The summed E-state index contributed by atoms with van der Waals surface area (Å²) < 4.78 is 0. The van der Waals surface area contributed by atoms with Gasteiger partial charge >= 0.3 is 0 Å². The normalized spacial score (nSPS) is 11.7. The van der Waals surface area contributed by atoms with E-state index in [0.29, 0.717) is 21.5 Å². The van der Waals surface area contributed by atoms with Crippen molar-refractivity contribution in [3.63, 3.8) is 0 Å². The van der Waals surface area contributed by atoms with Crippen molar-refractivity contribution in [3.8, 4) is 0 Å². The summed E-state index contributed by atoms with van der Waals surface area (Å²) in [6.07, 6.45) is 3.41. The fraction of sp³-hybridized carbons (Fsp3) is 0.118. The minimum atomic E-state index is -0.458. The Kier molecular flexibility index (Phi) is 5.57. The van der Waals surface area contributed by atoms with Gasteiger partial charge in [-0.25, -0.2) is 4.98 Å². The van der Waals surface area contributed by atoms with Crippen LogP contribution in [0.4, 0.5) is 21.5 Å². The number of hydrogen-bond acceptors (Lipinski definition) is 9. The number of thiazole rings is 1. The van der Waals surface area contributed by atoms with Crippen molar-refractivity contribution in [2.75, 3.05) is 5.43 Å². The zero-order valence-corrected chi connectivity index (χ0v) is 15.3. The first kappa shape index (κ1) is 18.3. The number of rotatable bonds is 6. The molecular weight excluding hydrogens is 366 g/mol. The number of nitrogens with one attached hydrogen (secondary N) is 1. The van der Waals surface area contributed by atoms with Crippen LogP contribution in [0.2, 0.25) is 0 Å². The molecule has 0 saturated heterocycles. The van der Waals surface area contributed by atoms with Gasteiger partial charge in [0.25, 0.3) is 5.69 Å². The average Bonchev–Trinajstić information content (AvgIpc) is 3.05. The number of azo groups is 1. The van der Waals surface area contributed by atoms with Crippen LogP contribution in [-0.2, 0) is 0 Å². The van der Waals surface area contributed by atoms with Crippen molar-refractivity contribution in [3.05, 3.63) is 70.2 Å². The van der Waals surface area contributed by atoms with E-state index in [1.807, 2.05) is 26.0 Å². The second-order valence-corrected chi connectivity index (χ2v) is 6.41. The number of nitrogens with zero attached hydrogens (tertiary/aromatic N) is 6. The Labute approximate surface area is 158 Å². The van der Waals surface area contributed by atoms with Gasteiger partial charge in [-0.2, -0.15) is 5.10 Å². The van der Waals surface area contributed by atoms with Crippen molar-refractivity contribution >= 4 is 38.6 Å². The van der Waals surface area contributed by atoms with E-state index >= 15 is 0 Å². The van der Waals surface area contributed by atoms with Crippen molar-refractivity contribution in [2.24, 2.45) is 15.3 Å². The number of non-ortho nitro benzene ring substituents is 1. The maximum Gasteiger partial charge on any atom is 0.269 e. The van der Waals surface area contributed by atoms with Gasteiger partial charge in [0.15, 0.2) is 5.00 Å². The van der Waals surface area contributed by atoms with Gasteiger partial charge in [-0.1, -0.05) is 11.3 Å². The van der Waals surface area contributed by atoms with E-state index in [2.05, 4.69) is 30.7 Å². The SMILES string of the molecule is C/C(=N\Nc1nc(C)c(N=Nc2ccc([N+](=O)[O-])cc2)s1)c1ccncc1. The predicted molar refractivity (Wildman–Crippen MR) is 104 cm³/mol. The largest absolute Gasteiger partial charge is 0.269 e. The number of nitro groups is 1. The van der Waals surface area contributed by atoms with Crippen LogP contribution in [-0.4, -0.2) is 20.6 Å². The van der Waals surface area contributed by atoms with E-state index < -0.39 is 4.92 Å². The fourth-order valence-corrected chi connectivity index (χ4v) is 2.79. The van der Waals surface area contributed by atoms with E-state index in [0.717, 1.165) is 11.3 Å². The van der Waals surface area contributed by atoms with E-state index in [-0.39, 0.29) is 5.69 Å². The molecule has 0 aliphatic rings. The second-order valence-electron chi connectivity index (χ2n) is 5.43. The van der Waals surface area contributed by atoms with Crippen molar-refractivity contribution in [1.82, 2.24) is 9.97 Å². The van der Waals surface area contributed by atoms with Crippen LogP contribution >= 0.6 is 11.3 Å². The van der Waals surface area contributed by atoms with E-state index in [1.165, 1.54) is 23.5 Å². The number of pyridine rings is 1. The number of hydrazone groups is 1. The molecule has 0 unspecified atom stereocenters. The highest BCUT2D eigenvalue weighted by molar-refractivity contribution is 7.19. The molecule has 136 valence electrons. The Bertz CT molecular complexity index is 998. The highest BCUT2D eigenvalue weighted by Gasteiger charge is 2.08. The van der Waals surface area contributed by atoms with Crippen LogP contribution in [0.3, 0.4) is 0 Å². The fourth-order valence-electron chi connectivity index (χ4n) is 2.06. The number of benzene rings is 1. The molecule has 0 aliphatic carbocycles. The lowest BCUT2D eigenvalue weighted by Crippen LogP contribution is -1.99. The summed E-state index contributed by atoms with van der Waals surface area (Å²) in [7, 11) is 0. The van der Waals surface area contributed by atoms with Gasteiger partial charge in [0, 0.05) is 30.1 Å². The van der Waals surface area contributed by atoms with Gasteiger partial charge in [-0.3, -0.25) is 20.5 Å². The highest BCUT2D eigenvalue weighted by atomic mass is 32.1. The first-order valence-electron chi connectivity index (χ1n) is 7.87. The molecular formula is C17H15N7O2S. The van der Waals surface area contributed by atoms with Crippen LogP contribution in [0.5, 0.6) is 0 Å². The minimum absolute atomic E-state index is 0.0110. The first-order valence-corrected chi connectivity index (χ1v) is 8.69. The zero-order valence-electron chi connectivity index (χ0n) is 14.5. The molecule has 2 heterocycles. The summed E-state index contributed by atoms with van der Waals surface area (Å²) in [6.45, 7) is 3.71. The molecule has 9 nitrogen and oxygen atoms in total. The summed E-state index contributed by atoms with van der Waals surface area (Å²) in [4.78, 5) is 18.6. The maximum absolute atomic E-state index is 10.7. The third kappa shape index (κ3) is 4.76. The summed E-state index contributed by atoms with van der Waals surface area (Å²) in [5.41, 5.74) is 5.93. The molecule has 0 radical (unpaired) electrons. The third-order valence-electron chi connectivity index (χ3n) is 3.51. The zero-order chi connectivity index (χ0) is 19.2. The minimum Gasteiger partial charge on any atom is -0.265 e. The summed E-state index contributed by atoms with van der Waals surface area (Å²) in [6, 6.07) is 9.60. The maximum atomic E-state index is 10.7. The molecule has 0 spiro atoms. The van der Waals surface area contributed by atoms with Crippen molar-refractivity contribution in [1.29, 1.82) is 0 Å². The molecule has 3 rings (SSSR count). The molecule has 0 amide bonds. The van der Waals surface area contributed by atoms with Gasteiger partial charge < -0.3 is 0 Å². The molecule has 2 aromatic heterocycles. The van der Waals surface area contributed by atoms with Gasteiger partial charge in [0.1, 0.15) is 0 Å². The Morgan fingerprint density at radius 3 is 2.52 bits per heavy atom. The van der Waals surface area contributed by atoms with Crippen molar-refractivity contribution in [2.45, 2.75) is 13.8 Å². The molecule has 0 saturated carbocycles. The third-order valence-corrected chi connectivity index (χ3v) is 4.45. The summed E-state index contributed by atoms with van der Waals surface area (Å²) in [5, 5.41) is 24.5. The van der Waals surface area contributed by atoms with Crippen LogP contribution in [0.15, 0.2) is 64.1 Å². The summed E-state index contributed by atoms with van der Waals surface area (Å²) >= 11 is 1.31. The molecule has 0 bridgehead atoms. The lowest BCUT2D eigenvalue weighted by atomic mass is 10.2. The quantitative estimate of drug-likeness (QED) is 0.279. The van der Waals surface area contributed by atoms with Gasteiger partial charge in [0.2, 0.25) is 5.13 Å². The van der Waals surface area contributed by atoms with E-state index in [1.54, 1.807) is 24.5 Å². The molecule has 27 heavy (non-hydrogen) atoms. The number of anilines is 1. The predicted octanol–water partition coefficient (Wildman–Crippen LogP) is 5.01. The molecule has 10 heteroatoms.